The fraction of sp³-hybridized carbons (Fsp3) is 0.292. The summed E-state index contributed by atoms with van der Waals surface area (Å²) in [6.07, 6.45) is 1.82. The number of aryl methyl sites for hydroxylation is 2. The predicted molar refractivity (Wildman–Crippen MR) is 117 cm³/mol. The van der Waals surface area contributed by atoms with Gasteiger partial charge in [-0.15, -0.1) is 0 Å². The quantitative estimate of drug-likeness (QED) is 0.433. The number of esters is 1. The summed E-state index contributed by atoms with van der Waals surface area (Å²) < 4.78 is 7.13. The van der Waals surface area contributed by atoms with Gasteiger partial charge in [-0.05, 0) is 68.3 Å². The van der Waals surface area contributed by atoms with Crippen molar-refractivity contribution in [3.8, 4) is 0 Å². The first kappa shape index (κ1) is 21.3. The molecule has 1 N–H and O–H groups in total. The number of hydrogen-bond acceptors (Lipinski definition) is 4. The number of carbonyl (C=O) groups excluding carboxylic acids is 2. The van der Waals surface area contributed by atoms with Gasteiger partial charge in [0.05, 0.1) is 24.4 Å². The van der Waals surface area contributed by atoms with Gasteiger partial charge in [0, 0.05) is 16.9 Å². The van der Waals surface area contributed by atoms with Crippen LogP contribution in [0.25, 0.3) is 0 Å². The molecular weight excluding hydrogens is 378 g/mol. The summed E-state index contributed by atoms with van der Waals surface area (Å²) in [5.74, 6) is -0.550. The van der Waals surface area contributed by atoms with Crippen LogP contribution >= 0.6 is 0 Å². The average Bonchev–Trinajstić information content (AvgIpc) is 3.05. The third-order valence-corrected chi connectivity index (χ3v) is 4.76. The van der Waals surface area contributed by atoms with Crippen LogP contribution in [0.4, 0.5) is 5.69 Å². The minimum Gasteiger partial charge on any atom is -0.462 e. The number of benzene rings is 2. The molecule has 6 nitrogen and oxygen atoms in total. The van der Waals surface area contributed by atoms with Crippen LogP contribution in [0.2, 0.25) is 0 Å². The van der Waals surface area contributed by atoms with E-state index in [2.05, 4.69) is 10.4 Å². The summed E-state index contributed by atoms with van der Waals surface area (Å²) in [7, 11) is 0. The van der Waals surface area contributed by atoms with Crippen LogP contribution < -0.4 is 5.32 Å². The van der Waals surface area contributed by atoms with Crippen molar-refractivity contribution in [3.05, 3.63) is 82.7 Å². The molecule has 0 unspecified atom stereocenters. The van der Waals surface area contributed by atoms with Crippen molar-refractivity contribution >= 4 is 17.6 Å². The van der Waals surface area contributed by atoms with Crippen LogP contribution in [0, 0.1) is 13.8 Å². The zero-order chi connectivity index (χ0) is 21.5. The lowest BCUT2D eigenvalue weighted by atomic mass is 10.1. The van der Waals surface area contributed by atoms with Gasteiger partial charge in [-0.2, -0.15) is 5.10 Å². The minimum absolute atomic E-state index is 0.203. The molecule has 0 atom stereocenters. The maximum Gasteiger partial charge on any atom is 0.338 e. The van der Waals surface area contributed by atoms with Crippen LogP contribution in [-0.4, -0.2) is 28.3 Å². The number of rotatable bonds is 8. The second kappa shape index (κ2) is 9.87. The average molecular weight is 405 g/mol. The number of anilines is 1. The summed E-state index contributed by atoms with van der Waals surface area (Å²) in [4.78, 5) is 24.5. The van der Waals surface area contributed by atoms with E-state index in [1.807, 2.05) is 43.7 Å². The standard InChI is InChI=1S/C24H27N3O3/c1-4-5-14-30-24(29)21-10-12-22(13-11-21)25-23(28)20-8-6-19(7-9-20)16-27-18(3)15-17(2)26-27/h6-13,15H,4-5,14,16H2,1-3H3,(H,25,28). The highest BCUT2D eigenvalue weighted by atomic mass is 16.5. The maximum atomic E-state index is 12.5. The number of nitrogens with zero attached hydrogens (tertiary/aromatic N) is 2. The molecule has 0 radical (unpaired) electrons. The molecule has 3 rings (SSSR count). The highest BCUT2D eigenvalue weighted by Gasteiger charge is 2.10. The van der Waals surface area contributed by atoms with E-state index in [0.29, 0.717) is 30.0 Å². The number of nitrogens with one attached hydrogen (secondary N) is 1. The van der Waals surface area contributed by atoms with E-state index < -0.39 is 0 Å². The topological polar surface area (TPSA) is 73.2 Å². The van der Waals surface area contributed by atoms with E-state index in [1.165, 1.54) is 0 Å². The van der Waals surface area contributed by atoms with Gasteiger partial charge in [-0.1, -0.05) is 25.5 Å². The number of amides is 1. The molecule has 0 aliphatic rings. The second-order valence-electron chi connectivity index (χ2n) is 7.30. The van der Waals surface area contributed by atoms with E-state index in [4.69, 9.17) is 4.74 Å². The first-order valence-electron chi connectivity index (χ1n) is 10.1. The van der Waals surface area contributed by atoms with Crippen molar-refractivity contribution in [2.75, 3.05) is 11.9 Å². The molecule has 3 aromatic rings. The van der Waals surface area contributed by atoms with Gasteiger partial charge in [0.1, 0.15) is 0 Å². The van der Waals surface area contributed by atoms with Crippen molar-refractivity contribution in [1.29, 1.82) is 0 Å². The number of hydrogen-bond donors (Lipinski definition) is 1. The summed E-state index contributed by atoms with van der Waals surface area (Å²) in [5, 5.41) is 7.31. The summed E-state index contributed by atoms with van der Waals surface area (Å²) >= 11 is 0. The van der Waals surface area contributed by atoms with E-state index >= 15 is 0 Å². The number of aromatic nitrogens is 2. The Labute approximate surface area is 176 Å². The molecule has 2 aromatic carbocycles. The molecule has 6 heteroatoms. The smallest absolute Gasteiger partial charge is 0.338 e. The Morgan fingerprint density at radius 2 is 1.67 bits per heavy atom. The van der Waals surface area contributed by atoms with Crippen LogP contribution in [-0.2, 0) is 11.3 Å². The first-order valence-corrected chi connectivity index (χ1v) is 10.1. The lowest BCUT2D eigenvalue weighted by molar-refractivity contribution is 0.0499. The van der Waals surface area contributed by atoms with E-state index in [0.717, 1.165) is 29.8 Å². The third-order valence-electron chi connectivity index (χ3n) is 4.76. The van der Waals surface area contributed by atoms with Crippen molar-refractivity contribution < 1.29 is 14.3 Å². The molecule has 1 heterocycles. The highest BCUT2D eigenvalue weighted by molar-refractivity contribution is 6.04. The molecule has 1 amide bonds. The molecule has 30 heavy (non-hydrogen) atoms. The van der Waals surface area contributed by atoms with Crippen LogP contribution in [0.15, 0.2) is 54.6 Å². The number of carbonyl (C=O) groups is 2. The fourth-order valence-corrected chi connectivity index (χ4v) is 3.05. The highest BCUT2D eigenvalue weighted by Crippen LogP contribution is 2.14. The lowest BCUT2D eigenvalue weighted by Crippen LogP contribution is -2.12. The number of ether oxygens (including phenoxy) is 1. The molecule has 0 spiro atoms. The fourth-order valence-electron chi connectivity index (χ4n) is 3.05. The van der Waals surface area contributed by atoms with Gasteiger partial charge in [0.2, 0.25) is 0 Å². The van der Waals surface area contributed by atoms with Crippen molar-refractivity contribution in [2.24, 2.45) is 0 Å². The van der Waals surface area contributed by atoms with Gasteiger partial charge in [0.15, 0.2) is 0 Å². The first-order chi connectivity index (χ1) is 14.5. The zero-order valence-corrected chi connectivity index (χ0v) is 17.6. The molecule has 0 aliphatic carbocycles. The second-order valence-corrected chi connectivity index (χ2v) is 7.30. The SMILES string of the molecule is CCCCOC(=O)c1ccc(NC(=O)c2ccc(Cn3nc(C)cc3C)cc2)cc1. The van der Waals surface area contributed by atoms with Gasteiger partial charge in [0.25, 0.3) is 5.91 Å². The lowest BCUT2D eigenvalue weighted by Gasteiger charge is -2.08. The van der Waals surface area contributed by atoms with Gasteiger partial charge >= 0.3 is 5.97 Å². The van der Waals surface area contributed by atoms with E-state index in [1.54, 1.807) is 36.4 Å². The molecular formula is C24H27N3O3. The summed E-state index contributed by atoms with van der Waals surface area (Å²) in [5.41, 5.74) is 4.82. The molecule has 0 aliphatic heterocycles. The minimum atomic E-state index is -0.348. The maximum absolute atomic E-state index is 12.5. The Morgan fingerprint density at radius 1 is 1.00 bits per heavy atom. The molecule has 156 valence electrons. The molecule has 0 saturated heterocycles. The normalized spacial score (nSPS) is 10.6. The van der Waals surface area contributed by atoms with Crippen molar-refractivity contribution in [1.82, 2.24) is 9.78 Å². The zero-order valence-electron chi connectivity index (χ0n) is 17.6. The van der Waals surface area contributed by atoms with Crippen LogP contribution in [0.1, 0.15) is 57.4 Å². The molecule has 0 saturated carbocycles. The summed E-state index contributed by atoms with van der Waals surface area (Å²) in [6.45, 7) is 7.12. The molecule has 0 bridgehead atoms. The number of unbranched alkanes of at least 4 members (excludes halogenated alkanes) is 1. The Kier molecular flexibility index (Phi) is 7.01. The Morgan fingerprint density at radius 3 is 2.27 bits per heavy atom. The Balaban J connectivity index is 1.57. The Hall–Kier alpha value is -3.41. The van der Waals surface area contributed by atoms with Gasteiger partial charge in [-0.3, -0.25) is 9.48 Å². The van der Waals surface area contributed by atoms with Crippen molar-refractivity contribution in [2.45, 2.75) is 40.2 Å². The molecule has 0 fully saturated rings. The van der Waals surface area contributed by atoms with Gasteiger partial charge < -0.3 is 10.1 Å². The predicted octanol–water partition coefficient (Wildman–Crippen LogP) is 4.76. The van der Waals surface area contributed by atoms with Crippen LogP contribution in [0.5, 0.6) is 0 Å². The van der Waals surface area contributed by atoms with Crippen LogP contribution in [0.3, 0.4) is 0 Å². The Bertz CT molecular complexity index is 1010. The monoisotopic (exact) mass is 405 g/mol. The van der Waals surface area contributed by atoms with E-state index in [9.17, 15) is 9.59 Å². The van der Waals surface area contributed by atoms with E-state index in [-0.39, 0.29) is 11.9 Å². The third kappa shape index (κ3) is 5.56. The summed E-state index contributed by atoms with van der Waals surface area (Å²) in [6, 6.07) is 16.2. The van der Waals surface area contributed by atoms with Crippen molar-refractivity contribution in [3.63, 3.8) is 0 Å². The largest absolute Gasteiger partial charge is 0.462 e. The molecule has 1 aromatic heterocycles. The van der Waals surface area contributed by atoms with Gasteiger partial charge in [-0.25, -0.2) is 4.79 Å².